The van der Waals surface area contributed by atoms with Gasteiger partial charge < -0.3 is 38.6 Å². The van der Waals surface area contributed by atoms with Gasteiger partial charge in [-0.2, -0.15) is 5.26 Å². The molecule has 14 nitrogen and oxygen atoms in total. The van der Waals surface area contributed by atoms with Gasteiger partial charge in [-0.05, 0) is 61.1 Å². The number of aryl methyl sites for hydroxylation is 1. The molecule has 1 spiro atoms. The van der Waals surface area contributed by atoms with Crippen molar-refractivity contribution < 1.29 is 48.2 Å². The van der Waals surface area contributed by atoms with Crippen molar-refractivity contribution in [2.24, 2.45) is 0 Å². The summed E-state index contributed by atoms with van der Waals surface area (Å²) in [5, 5.41) is 37.2. The molecule has 15 heteroatoms. The van der Waals surface area contributed by atoms with Crippen molar-refractivity contribution in [2.75, 3.05) is 46.5 Å². The summed E-state index contributed by atoms with van der Waals surface area (Å²) in [6.07, 6.45) is 2.82. The van der Waals surface area contributed by atoms with Crippen LogP contribution >= 0.6 is 11.8 Å². The summed E-state index contributed by atoms with van der Waals surface area (Å²) in [7, 11) is 3.00. The lowest BCUT2D eigenvalue weighted by Crippen LogP contribution is -2.70. The Morgan fingerprint density at radius 1 is 1.11 bits per heavy atom. The average Bonchev–Trinajstić information content (AvgIpc) is 3.68. The number of thioether (sulfide) groups is 1. The second-order valence-electron chi connectivity index (χ2n) is 15.4. The van der Waals surface area contributed by atoms with Crippen LogP contribution in [0.2, 0.25) is 0 Å². The van der Waals surface area contributed by atoms with E-state index in [0.29, 0.717) is 76.7 Å². The maximum atomic E-state index is 14.8. The minimum Gasteiger partial charge on any atom is -0.504 e. The summed E-state index contributed by atoms with van der Waals surface area (Å²) in [6.45, 7) is 9.75. The Bertz CT molecular complexity index is 2290. The lowest BCUT2D eigenvalue weighted by Gasteiger charge is -2.62. The molecule has 298 valence electrons. The van der Waals surface area contributed by atoms with E-state index in [0.717, 1.165) is 16.7 Å². The number of benzene rings is 3. The summed E-state index contributed by atoms with van der Waals surface area (Å²) in [6, 6.07) is 5.08. The van der Waals surface area contributed by atoms with E-state index in [4.69, 9.17) is 28.4 Å². The third-order valence-electron chi connectivity index (χ3n) is 12.6. The summed E-state index contributed by atoms with van der Waals surface area (Å²) < 4.78 is 36.2. The highest BCUT2D eigenvalue weighted by molar-refractivity contribution is 7.99. The van der Waals surface area contributed by atoms with Crippen LogP contribution < -0.4 is 29.0 Å². The van der Waals surface area contributed by atoms with Gasteiger partial charge in [0.1, 0.15) is 18.4 Å². The van der Waals surface area contributed by atoms with E-state index >= 15 is 0 Å². The standard InChI is InChI=1S/C42H44N4O10S/c1-7-10-45-25-12-23-11-19(2)36(52-6)35(49)30(23)33(45)34-40-32-31(39-38(54-18-55-39)20(3)37(32)56-21(4)47)27(46(34)26(25)15-43)16-53-41(50)42(17-57-40)24-14-29(51-5)28(48)13-22(24)8-9-44-42/h7,11,13-14,25-27,33-34,40,44,48-49H,1,8-10,12,16-18H2,2-6H3/t25-,26+,27-,33?,34?,40-,42-/m1/s1. The van der Waals surface area contributed by atoms with Gasteiger partial charge in [0, 0.05) is 60.1 Å². The Morgan fingerprint density at radius 2 is 1.89 bits per heavy atom. The number of methoxy groups -OCH3 is 2. The highest BCUT2D eigenvalue weighted by Crippen LogP contribution is 2.65. The molecule has 0 radical (unpaired) electrons. The van der Waals surface area contributed by atoms with Crippen LogP contribution in [-0.4, -0.2) is 96.5 Å². The third kappa shape index (κ3) is 5.26. The van der Waals surface area contributed by atoms with Crippen LogP contribution in [0.15, 0.2) is 30.9 Å². The number of esters is 2. The van der Waals surface area contributed by atoms with Crippen molar-refractivity contribution in [1.82, 2.24) is 15.1 Å². The smallest absolute Gasteiger partial charge is 0.331 e. The monoisotopic (exact) mass is 796 g/mol. The first kappa shape index (κ1) is 37.4. The fraction of sp³-hybridized carbons (Fsp3) is 0.452. The van der Waals surface area contributed by atoms with Crippen LogP contribution in [0, 0.1) is 25.2 Å². The number of nitrogens with zero attached hydrogens (tertiary/aromatic N) is 3. The minimum absolute atomic E-state index is 0.0262. The SMILES string of the molecule is C=CCN1C2c3c(cc(C)c(OC)c3O)C[C@@H]1[C@H](C#N)N1C2[C@@H]2SC[C@]3(NCCc4cc(O)c(OC)cc43)C(=O)OC[C@@H]1c1c3c(c(C)c(OC(C)=O)c12)OCO3. The zero-order chi connectivity index (χ0) is 40.1. The largest absolute Gasteiger partial charge is 0.504 e. The Morgan fingerprint density at radius 3 is 2.61 bits per heavy atom. The number of piperazine rings is 1. The zero-order valence-electron chi connectivity index (χ0n) is 32.3. The molecular formula is C42H44N4O10S. The predicted octanol–water partition coefficient (Wildman–Crippen LogP) is 4.54. The van der Waals surface area contributed by atoms with Crippen molar-refractivity contribution in [3.63, 3.8) is 0 Å². The molecule has 10 rings (SSSR count). The molecule has 3 aromatic carbocycles. The lowest BCUT2D eigenvalue weighted by molar-refractivity contribution is -0.157. The van der Waals surface area contributed by atoms with E-state index in [2.05, 4.69) is 27.8 Å². The summed E-state index contributed by atoms with van der Waals surface area (Å²) >= 11 is 1.47. The first-order valence-electron chi connectivity index (χ1n) is 19.0. The van der Waals surface area contributed by atoms with Crippen molar-refractivity contribution in [3.05, 3.63) is 75.4 Å². The van der Waals surface area contributed by atoms with Gasteiger partial charge in [0.25, 0.3) is 0 Å². The van der Waals surface area contributed by atoms with Crippen LogP contribution in [0.4, 0.5) is 0 Å². The first-order valence-corrected chi connectivity index (χ1v) is 20.1. The molecule has 2 saturated heterocycles. The molecule has 0 aromatic heterocycles. The van der Waals surface area contributed by atoms with Gasteiger partial charge in [-0.15, -0.1) is 18.3 Å². The van der Waals surface area contributed by atoms with Gasteiger partial charge in [-0.3, -0.25) is 19.9 Å². The number of nitriles is 1. The fourth-order valence-electron chi connectivity index (χ4n) is 10.4. The number of hydrogen-bond acceptors (Lipinski definition) is 15. The molecule has 7 aliphatic rings. The molecule has 2 unspecified atom stereocenters. The number of carbonyl (C=O) groups is 2. The third-order valence-corrected chi connectivity index (χ3v) is 14.1. The quantitative estimate of drug-likeness (QED) is 0.187. The molecule has 0 saturated carbocycles. The number of aromatic hydroxyl groups is 2. The van der Waals surface area contributed by atoms with Crippen LogP contribution in [0.5, 0.6) is 40.2 Å². The molecular weight excluding hydrogens is 753 g/mol. The number of rotatable bonds is 5. The Balaban J connectivity index is 1.35. The number of fused-ring (bicyclic) bond motifs is 9. The zero-order valence-corrected chi connectivity index (χ0v) is 33.2. The minimum atomic E-state index is -1.38. The molecule has 4 bridgehead atoms. The Kier molecular flexibility index (Phi) is 9.04. The van der Waals surface area contributed by atoms with Crippen molar-refractivity contribution >= 4 is 23.7 Å². The topological polar surface area (TPSA) is 172 Å². The Labute approximate surface area is 334 Å². The number of ether oxygens (including phenoxy) is 6. The summed E-state index contributed by atoms with van der Waals surface area (Å²) in [4.78, 5) is 32.2. The van der Waals surface area contributed by atoms with E-state index in [1.54, 1.807) is 12.1 Å². The van der Waals surface area contributed by atoms with Crippen LogP contribution in [0.3, 0.4) is 0 Å². The number of phenols is 2. The van der Waals surface area contributed by atoms with Gasteiger partial charge >= 0.3 is 11.9 Å². The van der Waals surface area contributed by atoms with Crippen LogP contribution in [0.25, 0.3) is 0 Å². The summed E-state index contributed by atoms with van der Waals surface area (Å²) in [5.41, 5.74) is 4.30. The predicted molar refractivity (Wildman–Crippen MR) is 207 cm³/mol. The molecule has 7 aliphatic heterocycles. The van der Waals surface area contributed by atoms with Gasteiger partial charge in [-0.1, -0.05) is 12.1 Å². The molecule has 3 aromatic rings. The number of carbonyl (C=O) groups excluding carboxylic acids is 2. The van der Waals surface area contributed by atoms with E-state index in [-0.39, 0.29) is 42.4 Å². The second-order valence-corrected chi connectivity index (χ2v) is 16.5. The molecule has 7 atom stereocenters. The summed E-state index contributed by atoms with van der Waals surface area (Å²) in [5.74, 6) is 0.869. The number of phenolic OH excluding ortho intramolecular Hbond substituents is 2. The normalized spacial score (nSPS) is 28.2. The second kappa shape index (κ2) is 13.8. The average molecular weight is 797 g/mol. The lowest BCUT2D eigenvalue weighted by atomic mass is 9.71. The highest BCUT2D eigenvalue weighted by Gasteiger charge is 2.62. The maximum absolute atomic E-state index is 14.8. The molecule has 57 heavy (non-hydrogen) atoms. The van der Waals surface area contributed by atoms with Crippen LogP contribution in [-0.2, 0) is 32.7 Å². The van der Waals surface area contributed by atoms with Gasteiger partial charge in [0.05, 0.1) is 37.6 Å². The van der Waals surface area contributed by atoms with E-state index in [9.17, 15) is 25.1 Å². The highest BCUT2D eigenvalue weighted by atomic mass is 32.2. The van der Waals surface area contributed by atoms with Crippen molar-refractivity contribution in [3.8, 4) is 46.3 Å². The molecule has 2 fully saturated rings. The van der Waals surface area contributed by atoms with E-state index in [1.165, 1.54) is 32.9 Å². The van der Waals surface area contributed by atoms with Gasteiger partial charge in [0.15, 0.2) is 40.0 Å². The Hall–Kier alpha value is -5.14. The maximum Gasteiger partial charge on any atom is 0.331 e. The van der Waals surface area contributed by atoms with Crippen molar-refractivity contribution in [2.45, 2.75) is 74.6 Å². The van der Waals surface area contributed by atoms with E-state index < -0.39 is 46.9 Å². The van der Waals surface area contributed by atoms with Gasteiger partial charge in [0.2, 0.25) is 6.79 Å². The van der Waals surface area contributed by atoms with Crippen LogP contribution in [0.1, 0.15) is 68.8 Å². The fourth-order valence-corrected chi connectivity index (χ4v) is 12.1. The number of nitrogens with one attached hydrogen (secondary N) is 1. The molecule has 0 aliphatic carbocycles. The van der Waals surface area contributed by atoms with E-state index in [1.807, 2.05) is 26.0 Å². The first-order chi connectivity index (χ1) is 27.5. The number of hydrogen-bond donors (Lipinski definition) is 3. The van der Waals surface area contributed by atoms with Gasteiger partial charge in [-0.25, -0.2) is 4.79 Å². The molecule has 0 amide bonds. The van der Waals surface area contributed by atoms with Crippen molar-refractivity contribution in [1.29, 1.82) is 5.26 Å². The molecule has 7 heterocycles. The molecule has 3 N–H and O–H groups in total.